The van der Waals surface area contributed by atoms with Gasteiger partial charge in [0, 0.05) is 55.6 Å². The number of hydrogen-bond acceptors (Lipinski definition) is 8. The summed E-state index contributed by atoms with van der Waals surface area (Å²) in [6.45, 7) is 3.08. The highest BCUT2D eigenvalue weighted by Crippen LogP contribution is 2.36. The first kappa shape index (κ1) is 22.1. The van der Waals surface area contributed by atoms with Gasteiger partial charge in [-0.05, 0) is 36.2 Å². The summed E-state index contributed by atoms with van der Waals surface area (Å²) in [5, 5.41) is 17.0. The van der Waals surface area contributed by atoms with Crippen LogP contribution in [0, 0.1) is 6.92 Å². The van der Waals surface area contributed by atoms with E-state index in [-0.39, 0.29) is 5.91 Å². The molecular weight excluding hydrogens is 448 g/mol. The molecule has 4 heterocycles. The van der Waals surface area contributed by atoms with E-state index in [0.717, 1.165) is 27.5 Å². The first-order chi connectivity index (χ1) is 16.4. The molecule has 172 valence electrons. The van der Waals surface area contributed by atoms with Crippen LogP contribution in [0.15, 0.2) is 60.2 Å². The number of nitrogens with one attached hydrogen (secondary N) is 1. The zero-order valence-corrected chi connectivity index (χ0v) is 19.7. The van der Waals surface area contributed by atoms with Crippen molar-refractivity contribution in [1.82, 2.24) is 24.8 Å². The Morgan fingerprint density at radius 3 is 2.79 bits per heavy atom. The summed E-state index contributed by atoms with van der Waals surface area (Å²) in [7, 11) is 1.71. The van der Waals surface area contributed by atoms with Crippen molar-refractivity contribution in [2.45, 2.75) is 25.5 Å². The van der Waals surface area contributed by atoms with E-state index in [1.165, 1.54) is 11.3 Å². The molecule has 1 fully saturated rings. The van der Waals surface area contributed by atoms with Gasteiger partial charge in [0.25, 0.3) is 5.91 Å². The van der Waals surface area contributed by atoms with Crippen LogP contribution in [0.5, 0.6) is 0 Å². The minimum atomic E-state index is -1.48. The topological polar surface area (TPSA) is 104 Å². The molecule has 1 amide bonds. The quantitative estimate of drug-likeness (QED) is 0.442. The van der Waals surface area contributed by atoms with Crippen molar-refractivity contribution in [3.05, 3.63) is 77.1 Å². The molecule has 1 atom stereocenters. The van der Waals surface area contributed by atoms with Crippen molar-refractivity contribution >= 4 is 23.2 Å². The maximum atomic E-state index is 12.5. The van der Waals surface area contributed by atoms with Gasteiger partial charge in [0.05, 0.1) is 5.69 Å². The van der Waals surface area contributed by atoms with Crippen molar-refractivity contribution in [2.75, 3.05) is 18.9 Å². The number of likely N-dealkylation sites (tertiary alicyclic amines) is 1. The minimum absolute atomic E-state index is 0.271. The first-order valence-electron chi connectivity index (χ1n) is 11.0. The van der Waals surface area contributed by atoms with Crippen LogP contribution in [0.1, 0.15) is 23.2 Å². The van der Waals surface area contributed by atoms with Crippen molar-refractivity contribution in [2.24, 2.45) is 0 Å². The zero-order valence-electron chi connectivity index (χ0n) is 18.9. The van der Waals surface area contributed by atoms with E-state index in [4.69, 9.17) is 4.98 Å². The predicted octanol–water partition coefficient (Wildman–Crippen LogP) is 3.63. The largest absolute Gasteiger partial charge is 0.375 e. The van der Waals surface area contributed by atoms with Crippen LogP contribution in [0.25, 0.3) is 22.0 Å². The summed E-state index contributed by atoms with van der Waals surface area (Å²) in [5.41, 5.74) is 3.47. The molecule has 0 aliphatic carbocycles. The molecule has 0 unspecified atom stereocenters. The minimum Gasteiger partial charge on any atom is -0.375 e. The summed E-state index contributed by atoms with van der Waals surface area (Å²) in [5.74, 6) is 0.246. The second-order valence-electron chi connectivity index (χ2n) is 8.32. The Bertz CT molecular complexity index is 1360. The van der Waals surface area contributed by atoms with Gasteiger partial charge >= 0.3 is 0 Å². The van der Waals surface area contributed by atoms with E-state index < -0.39 is 5.60 Å². The van der Waals surface area contributed by atoms with Crippen LogP contribution in [-0.4, -0.2) is 49.4 Å². The van der Waals surface area contributed by atoms with Crippen molar-refractivity contribution < 1.29 is 9.90 Å². The van der Waals surface area contributed by atoms with Gasteiger partial charge in [-0.2, -0.15) is 0 Å². The number of anilines is 1. The number of aromatic nitrogens is 4. The molecular formula is C25H24N6O2S. The van der Waals surface area contributed by atoms with Gasteiger partial charge in [0.15, 0.2) is 5.60 Å². The van der Waals surface area contributed by atoms with Crippen molar-refractivity contribution in [1.29, 1.82) is 0 Å². The molecule has 4 aromatic rings. The number of amides is 1. The number of aryl methyl sites for hydroxylation is 1. The summed E-state index contributed by atoms with van der Waals surface area (Å²) in [4.78, 5) is 32.1. The monoisotopic (exact) mass is 472 g/mol. The highest BCUT2D eigenvalue weighted by atomic mass is 32.1. The molecule has 0 spiro atoms. The van der Waals surface area contributed by atoms with E-state index in [2.05, 4.69) is 20.3 Å². The number of hydrogen-bond donors (Lipinski definition) is 2. The average Bonchev–Trinajstić information content (AvgIpc) is 3.46. The number of benzene rings is 1. The summed E-state index contributed by atoms with van der Waals surface area (Å²) < 4.78 is 0. The molecule has 3 aromatic heterocycles. The number of carbonyl (C=O) groups excluding carboxylic acids is 1. The Morgan fingerprint density at radius 1 is 1.12 bits per heavy atom. The molecule has 0 saturated carbocycles. The van der Waals surface area contributed by atoms with Crippen molar-refractivity contribution in [3.63, 3.8) is 0 Å². The molecule has 1 aliphatic heterocycles. The van der Waals surface area contributed by atoms with E-state index in [0.29, 0.717) is 36.7 Å². The standard InChI is InChI=1S/C25H24N6O2S/c1-16-18(6-4-10-26-16)14-28-24-27-11-8-20(30-24)21-15-34-22(29-21)17-5-3-7-19(13-17)25(33)9-12-31(2)23(25)32/h3-8,10-11,13,15,33H,9,12,14H2,1-2H3,(H,27,28,30)/t25-/m1/s1. The highest BCUT2D eigenvalue weighted by molar-refractivity contribution is 7.13. The van der Waals surface area contributed by atoms with Gasteiger partial charge in [-0.3, -0.25) is 9.78 Å². The van der Waals surface area contributed by atoms with Crippen LogP contribution < -0.4 is 5.32 Å². The Morgan fingerprint density at radius 2 is 2.00 bits per heavy atom. The van der Waals surface area contributed by atoms with Crippen LogP contribution in [0.3, 0.4) is 0 Å². The fraction of sp³-hybridized carbons (Fsp3) is 0.240. The SMILES string of the molecule is Cc1ncccc1CNc1nccc(-c2csc(-c3cccc([C@]4(O)CCN(C)C4=O)c3)n2)n1. The number of carbonyl (C=O) groups is 1. The third-order valence-corrected chi connectivity index (χ3v) is 6.96. The van der Waals surface area contributed by atoms with E-state index in [9.17, 15) is 9.90 Å². The third kappa shape index (κ3) is 4.15. The predicted molar refractivity (Wildman–Crippen MR) is 131 cm³/mol. The Labute approximate surface area is 201 Å². The Hall–Kier alpha value is -3.69. The van der Waals surface area contributed by atoms with Crippen LogP contribution in [-0.2, 0) is 16.9 Å². The molecule has 0 radical (unpaired) electrons. The fourth-order valence-corrected chi connectivity index (χ4v) is 4.83. The molecule has 5 rings (SSSR count). The smallest absolute Gasteiger partial charge is 0.258 e. The average molecular weight is 473 g/mol. The molecule has 9 heteroatoms. The van der Waals surface area contributed by atoms with Crippen LogP contribution in [0.4, 0.5) is 5.95 Å². The number of thiazole rings is 1. The first-order valence-corrected chi connectivity index (χ1v) is 11.8. The second kappa shape index (κ2) is 8.92. The number of rotatable bonds is 6. The molecule has 1 aliphatic rings. The van der Waals surface area contributed by atoms with Crippen LogP contribution >= 0.6 is 11.3 Å². The fourth-order valence-electron chi connectivity index (χ4n) is 4.02. The van der Waals surface area contributed by atoms with Crippen LogP contribution in [0.2, 0.25) is 0 Å². The normalized spacial score (nSPS) is 17.9. The molecule has 8 nitrogen and oxygen atoms in total. The van der Waals surface area contributed by atoms with Gasteiger partial charge < -0.3 is 15.3 Å². The van der Waals surface area contributed by atoms with Gasteiger partial charge in [-0.25, -0.2) is 15.0 Å². The molecule has 1 saturated heterocycles. The maximum Gasteiger partial charge on any atom is 0.258 e. The van der Waals surface area contributed by atoms with Gasteiger partial charge in [0.2, 0.25) is 5.95 Å². The van der Waals surface area contributed by atoms with Gasteiger partial charge in [-0.15, -0.1) is 11.3 Å². The number of pyridine rings is 1. The lowest BCUT2D eigenvalue weighted by Gasteiger charge is -2.21. The Kier molecular flexibility index (Phi) is 5.80. The third-order valence-electron chi connectivity index (χ3n) is 6.07. The van der Waals surface area contributed by atoms with Gasteiger partial charge in [-0.1, -0.05) is 24.3 Å². The van der Waals surface area contributed by atoms with E-state index in [1.54, 1.807) is 30.4 Å². The summed E-state index contributed by atoms with van der Waals surface area (Å²) in [6.07, 6.45) is 3.86. The molecule has 0 bridgehead atoms. The molecule has 34 heavy (non-hydrogen) atoms. The molecule has 2 N–H and O–H groups in total. The highest BCUT2D eigenvalue weighted by Gasteiger charge is 2.45. The summed E-state index contributed by atoms with van der Waals surface area (Å²) in [6, 6.07) is 13.2. The number of likely N-dealkylation sites (N-methyl/N-ethyl adjacent to an activating group) is 1. The zero-order chi connectivity index (χ0) is 23.7. The van der Waals surface area contributed by atoms with E-state index >= 15 is 0 Å². The second-order valence-corrected chi connectivity index (χ2v) is 9.18. The van der Waals surface area contributed by atoms with E-state index in [1.807, 2.05) is 48.7 Å². The Balaban J connectivity index is 1.36. The van der Waals surface area contributed by atoms with Gasteiger partial charge in [0.1, 0.15) is 10.7 Å². The lowest BCUT2D eigenvalue weighted by Crippen LogP contribution is -2.36. The number of nitrogens with zero attached hydrogens (tertiary/aromatic N) is 5. The maximum absolute atomic E-state index is 12.5. The van der Waals surface area contributed by atoms with Crippen molar-refractivity contribution in [3.8, 4) is 22.0 Å². The molecule has 1 aromatic carbocycles. The number of aliphatic hydroxyl groups is 1. The lowest BCUT2D eigenvalue weighted by molar-refractivity contribution is -0.143. The summed E-state index contributed by atoms with van der Waals surface area (Å²) >= 11 is 1.49. The lowest BCUT2D eigenvalue weighted by atomic mass is 9.91.